The summed E-state index contributed by atoms with van der Waals surface area (Å²) in [6.07, 6.45) is 14.5. The topological polar surface area (TPSA) is 16.4 Å². The summed E-state index contributed by atoms with van der Waals surface area (Å²) >= 11 is 0.381. The molecule has 40 heavy (non-hydrogen) atoms. The molecule has 4 heteroatoms. The molecule has 0 fully saturated rings. The molecule has 0 saturated heterocycles. The van der Waals surface area contributed by atoms with Crippen molar-refractivity contribution in [3.8, 4) is 16.9 Å². The fourth-order valence-electron chi connectivity index (χ4n) is 6.39. The Bertz CT molecular complexity index is 1710. The zero-order valence-electron chi connectivity index (χ0n) is 23.3. The number of para-hydroxylation sites is 1. The van der Waals surface area contributed by atoms with Crippen LogP contribution in [-0.4, -0.2) is 21.0 Å². The van der Waals surface area contributed by atoms with Gasteiger partial charge in [-0.3, -0.25) is 0 Å². The quantitative estimate of drug-likeness (QED) is 0.173. The average molecular weight is 591 g/mol. The van der Waals surface area contributed by atoms with Gasteiger partial charge in [0.2, 0.25) is 0 Å². The number of hydrogen-bond donors (Lipinski definition) is 0. The maximum absolute atomic E-state index is 6.41. The van der Waals surface area contributed by atoms with E-state index in [1.165, 1.54) is 61.5 Å². The number of aromatic nitrogens is 1. The van der Waals surface area contributed by atoms with Gasteiger partial charge in [-0.05, 0) is 11.1 Å². The Morgan fingerprint density at radius 1 is 0.900 bits per heavy atom. The third-order valence-corrected chi connectivity index (χ3v) is 10.8. The summed E-state index contributed by atoms with van der Waals surface area (Å²) < 4.78 is 11.9. The molecule has 1 aliphatic heterocycles. The molecule has 3 aliphatic rings. The van der Waals surface area contributed by atoms with E-state index < -0.39 is 0 Å². The second-order valence-electron chi connectivity index (χ2n) is 10.9. The second kappa shape index (κ2) is 10.8. The van der Waals surface area contributed by atoms with Crippen LogP contribution in [-0.2, 0) is 6.54 Å². The van der Waals surface area contributed by atoms with Crippen LogP contribution in [0.1, 0.15) is 44.1 Å². The van der Waals surface area contributed by atoms with Crippen LogP contribution in [0.25, 0.3) is 27.0 Å². The first-order valence-electron chi connectivity index (χ1n) is 14.6. The third-order valence-electron chi connectivity index (χ3n) is 8.46. The fraction of sp³-hybridized carbons (Fsp3) is 0.250. The molecule has 2 heterocycles. The van der Waals surface area contributed by atoms with Crippen LogP contribution in [0, 0.1) is 5.92 Å². The van der Waals surface area contributed by atoms with Gasteiger partial charge in [0.25, 0.3) is 0 Å². The van der Waals surface area contributed by atoms with Crippen molar-refractivity contribution in [2.75, 3.05) is 11.4 Å². The van der Waals surface area contributed by atoms with Gasteiger partial charge in [0.05, 0.1) is 0 Å². The second-order valence-corrected chi connectivity index (χ2v) is 13.1. The molecule has 0 spiro atoms. The van der Waals surface area contributed by atoms with Crippen molar-refractivity contribution in [2.45, 2.75) is 46.1 Å². The molecule has 0 bridgehead atoms. The summed E-state index contributed by atoms with van der Waals surface area (Å²) in [5, 5.41) is 0. The van der Waals surface area contributed by atoms with Crippen molar-refractivity contribution in [1.29, 1.82) is 0 Å². The van der Waals surface area contributed by atoms with Gasteiger partial charge >= 0.3 is 196 Å². The van der Waals surface area contributed by atoms with E-state index in [1.54, 1.807) is 0 Å². The Hall–Kier alpha value is -3.59. The normalized spacial score (nSPS) is 20.4. The van der Waals surface area contributed by atoms with Crippen LogP contribution in [0.15, 0.2) is 114 Å². The van der Waals surface area contributed by atoms with Gasteiger partial charge in [-0.15, -0.1) is 0 Å². The molecule has 7 rings (SSSR count). The van der Waals surface area contributed by atoms with Crippen LogP contribution in [0.4, 0.5) is 5.69 Å². The number of benzene rings is 3. The molecule has 0 radical (unpaired) electrons. The Kier molecular flexibility index (Phi) is 6.83. The minimum absolute atomic E-state index is 0.381. The molecule has 0 N–H and O–H groups in total. The van der Waals surface area contributed by atoms with Gasteiger partial charge in [-0.1, -0.05) is 36.4 Å². The Balaban J connectivity index is 1.18. The molecule has 1 atom stereocenters. The number of nitrogens with zero attached hydrogens (tertiary/aromatic N) is 2. The van der Waals surface area contributed by atoms with Crippen molar-refractivity contribution in [3.63, 3.8) is 0 Å². The van der Waals surface area contributed by atoms with E-state index >= 15 is 0 Å². The Labute approximate surface area is 243 Å². The van der Waals surface area contributed by atoms with Crippen LogP contribution in [0.2, 0.25) is 0 Å². The number of ether oxygens (including phenoxy) is 1. The number of aryl methyl sites for hydroxylation is 1. The standard InChI is InChI=1S/C36H35N2OSe/c1-3-37-32-24-29(27-10-6-5-7-11-27)18-19-33(32)39-35(37)22-25-14-16-28-17-15-26(21-30(28)20-25)23-36-38(4-2)31-12-8-9-13-34(31)40-36/h5-13,18-24,28H,3-4,14-17H2,1-2H3/q+1. The van der Waals surface area contributed by atoms with Crippen molar-refractivity contribution in [3.05, 3.63) is 118 Å². The van der Waals surface area contributed by atoms with E-state index in [0.29, 0.717) is 20.4 Å². The zero-order chi connectivity index (χ0) is 27.1. The minimum atomic E-state index is 0.381. The van der Waals surface area contributed by atoms with Gasteiger partial charge in [0, 0.05) is 0 Å². The van der Waals surface area contributed by atoms with Gasteiger partial charge in [0.1, 0.15) is 0 Å². The molecule has 0 saturated carbocycles. The van der Waals surface area contributed by atoms with Crippen molar-refractivity contribution < 1.29 is 9.30 Å². The molecule has 1 unspecified atom stereocenters. The van der Waals surface area contributed by atoms with Crippen LogP contribution in [0.5, 0.6) is 5.75 Å². The van der Waals surface area contributed by atoms with Gasteiger partial charge < -0.3 is 0 Å². The van der Waals surface area contributed by atoms with Crippen LogP contribution in [0.3, 0.4) is 0 Å². The van der Waals surface area contributed by atoms with Gasteiger partial charge in [-0.25, -0.2) is 0 Å². The summed E-state index contributed by atoms with van der Waals surface area (Å²) in [6.45, 7) is 6.37. The SMILES string of the molecule is CCN1C(=CC2=CC3=CC(=Cc4[se]c5ccccc5[n+]4CC)CCC3CC2)Oc2ccc(-c3ccccc3)cc21. The first kappa shape index (κ1) is 25.4. The van der Waals surface area contributed by atoms with E-state index in [2.05, 4.69) is 120 Å². The summed E-state index contributed by atoms with van der Waals surface area (Å²) in [5.41, 5.74) is 9.35. The van der Waals surface area contributed by atoms with Crippen molar-refractivity contribution in [1.82, 2.24) is 0 Å². The molecule has 1 aromatic heterocycles. The number of hydrogen-bond acceptors (Lipinski definition) is 2. The molecule has 0 amide bonds. The molecule has 4 aromatic rings. The maximum atomic E-state index is 6.41. The van der Waals surface area contributed by atoms with E-state index in [9.17, 15) is 0 Å². The zero-order valence-corrected chi connectivity index (χ0v) is 25.0. The fourth-order valence-corrected chi connectivity index (χ4v) is 8.91. The van der Waals surface area contributed by atoms with E-state index in [-0.39, 0.29) is 0 Å². The molecular formula is C36H35N2OSe+. The summed E-state index contributed by atoms with van der Waals surface area (Å²) in [6, 6.07) is 26.0. The first-order chi connectivity index (χ1) is 19.7. The molecule has 3 nitrogen and oxygen atoms in total. The van der Waals surface area contributed by atoms with Crippen molar-refractivity contribution >= 4 is 36.0 Å². The Morgan fingerprint density at radius 2 is 1.73 bits per heavy atom. The van der Waals surface area contributed by atoms with E-state index in [4.69, 9.17) is 4.74 Å². The van der Waals surface area contributed by atoms with Crippen molar-refractivity contribution in [2.24, 2.45) is 5.92 Å². The number of anilines is 1. The summed E-state index contributed by atoms with van der Waals surface area (Å²) in [4.78, 5) is 2.31. The summed E-state index contributed by atoms with van der Waals surface area (Å²) in [5.74, 6) is 2.57. The molecule has 200 valence electrons. The first-order valence-corrected chi connectivity index (χ1v) is 16.3. The van der Waals surface area contributed by atoms with Gasteiger partial charge in [0.15, 0.2) is 0 Å². The number of allylic oxidation sites excluding steroid dienone is 6. The van der Waals surface area contributed by atoms with Gasteiger partial charge in [-0.2, -0.15) is 0 Å². The van der Waals surface area contributed by atoms with Crippen LogP contribution >= 0.6 is 0 Å². The predicted octanol–water partition coefficient (Wildman–Crippen LogP) is 8.07. The Morgan fingerprint density at radius 3 is 2.58 bits per heavy atom. The number of fused-ring (bicyclic) bond motifs is 3. The van der Waals surface area contributed by atoms with Crippen LogP contribution < -0.4 is 14.2 Å². The number of rotatable bonds is 5. The molecular weight excluding hydrogens is 555 g/mol. The van der Waals surface area contributed by atoms with E-state index in [1.807, 2.05) is 0 Å². The average Bonchev–Trinajstić information content (AvgIpc) is 3.53. The third kappa shape index (κ3) is 4.70. The molecule has 2 aliphatic carbocycles. The van der Waals surface area contributed by atoms with E-state index in [0.717, 1.165) is 36.8 Å². The molecule has 3 aromatic carbocycles. The summed E-state index contributed by atoms with van der Waals surface area (Å²) in [7, 11) is 0. The monoisotopic (exact) mass is 591 g/mol. The predicted molar refractivity (Wildman–Crippen MR) is 166 cm³/mol.